The average Bonchev–Trinajstić information content (AvgIpc) is 2.40. The maximum absolute atomic E-state index is 11.7. The number of nitrogens with zero attached hydrogens (tertiary/aromatic N) is 2. The number of carboxylic acids is 1. The number of aromatic nitrogens is 2. The Balaban J connectivity index is 2.35. The van der Waals surface area contributed by atoms with Crippen LogP contribution < -0.4 is 5.56 Å². The van der Waals surface area contributed by atoms with Crippen LogP contribution in [0, 0.1) is 6.92 Å². The second-order valence-corrected chi connectivity index (χ2v) is 4.30. The first-order valence-electron chi connectivity index (χ1n) is 5.90. The van der Waals surface area contributed by atoms with Crippen molar-refractivity contribution in [1.29, 1.82) is 0 Å². The molecule has 0 aliphatic carbocycles. The van der Waals surface area contributed by atoms with Gasteiger partial charge in [0.2, 0.25) is 0 Å². The minimum Gasteiger partial charge on any atom is -0.481 e. The third-order valence-electron chi connectivity index (χ3n) is 2.86. The minimum absolute atomic E-state index is 0.0276. The number of aliphatic carboxylic acids is 1. The molecule has 1 unspecified atom stereocenters. The van der Waals surface area contributed by atoms with Crippen LogP contribution in [-0.4, -0.2) is 20.9 Å². The second-order valence-electron chi connectivity index (χ2n) is 4.30. The molecule has 19 heavy (non-hydrogen) atoms. The fourth-order valence-electron chi connectivity index (χ4n) is 1.87. The lowest BCUT2D eigenvalue weighted by atomic mass is 9.99. The van der Waals surface area contributed by atoms with Crippen LogP contribution in [0.4, 0.5) is 0 Å². The van der Waals surface area contributed by atoms with Gasteiger partial charge in [0.1, 0.15) is 5.92 Å². The van der Waals surface area contributed by atoms with E-state index in [-0.39, 0.29) is 12.1 Å². The maximum atomic E-state index is 11.7. The smallest absolute Gasteiger partial charge is 0.312 e. The Kier molecular flexibility index (Phi) is 3.75. The van der Waals surface area contributed by atoms with E-state index < -0.39 is 11.9 Å². The van der Waals surface area contributed by atoms with Crippen LogP contribution in [0.5, 0.6) is 0 Å². The van der Waals surface area contributed by atoms with Crippen LogP contribution in [0.2, 0.25) is 0 Å². The summed E-state index contributed by atoms with van der Waals surface area (Å²) in [6.07, 6.45) is 0. The molecule has 2 aromatic rings. The largest absolute Gasteiger partial charge is 0.481 e. The van der Waals surface area contributed by atoms with Gasteiger partial charge < -0.3 is 5.11 Å². The molecule has 0 spiro atoms. The Morgan fingerprint density at radius 3 is 2.58 bits per heavy atom. The van der Waals surface area contributed by atoms with E-state index >= 15 is 0 Å². The predicted molar refractivity (Wildman–Crippen MR) is 70.1 cm³/mol. The van der Waals surface area contributed by atoms with Crippen LogP contribution >= 0.6 is 0 Å². The summed E-state index contributed by atoms with van der Waals surface area (Å²) in [4.78, 5) is 23.0. The number of hydrogen-bond donors (Lipinski definition) is 1. The molecule has 0 amide bonds. The predicted octanol–water partition coefficient (Wildman–Crippen LogP) is 1.42. The lowest BCUT2D eigenvalue weighted by molar-refractivity contribution is -0.139. The fraction of sp³-hybridized carbons (Fsp3) is 0.214. The first kappa shape index (κ1) is 13.0. The van der Waals surface area contributed by atoms with Gasteiger partial charge in [-0.15, -0.1) is 0 Å². The summed E-state index contributed by atoms with van der Waals surface area (Å²) in [7, 11) is 0. The van der Waals surface area contributed by atoms with Gasteiger partial charge in [0, 0.05) is 6.07 Å². The molecule has 1 N–H and O–H groups in total. The summed E-state index contributed by atoms with van der Waals surface area (Å²) < 4.78 is 1.20. The van der Waals surface area contributed by atoms with E-state index in [0.29, 0.717) is 11.3 Å². The number of hydrogen-bond acceptors (Lipinski definition) is 3. The molecule has 0 bridgehead atoms. The third kappa shape index (κ3) is 3.07. The molecule has 0 fully saturated rings. The molecule has 1 aromatic heterocycles. The van der Waals surface area contributed by atoms with Crippen molar-refractivity contribution in [2.24, 2.45) is 0 Å². The molecule has 1 aromatic carbocycles. The van der Waals surface area contributed by atoms with Gasteiger partial charge >= 0.3 is 5.97 Å². The zero-order valence-corrected chi connectivity index (χ0v) is 10.5. The van der Waals surface area contributed by atoms with Gasteiger partial charge in [-0.3, -0.25) is 9.59 Å². The molecule has 1 atom stereocenters. The molecule has 0 aliphatic heterocycles. The summed E-state index contributed by atoms with van der Waals surface area (Å²) in [6, 6.07) is 11.8. The molecule has 98 valence electrons. The lowest BCUT2D eigenvalue weighted by Crippen LogP contribution is -2.28. The molecule has 0 saturated carbocycles. The average molecular weight is 258 g/mol. The summed E-state index contributed by atoms with van der Waals surface area (Å²) in [5.41, 5.74) is 1.04. The van der Waals surface area contributed by atoms with Crippen molar-refractivity contribution in [2.75, 3.05) is 0 Å². The molecule has 1 heterocycles. The van der Waals surface area contributed by atoms with Gasteiger partial charge in [-0.1, -0.05) is 30.3 Å². The van der Waals surface area contributed by atoms with E-state index in [1.807, 2.05) is 6.07 Å². The lowest BCUT2D eigenvalue weighted by Gasteiger charge is -2.13. The first-order chi connectivity index (χ1) is 9.08. The van der Waals surface area contributed by atoms with Gasteiger partial charge in [0.25, 0.3) is 5.56 Å². The first-order valence-corrected chi connectivity index (χ1v) is 5.90. The molecule has 0 aliphatic rings. The number of aryl methyl sites for hydroxylation is 1. The highest BCUT2D eigenvalue weighted by Gasteiger charge is 2.21. The molecular formula is C14H14N2O3. The van der Waals surface area contributed by atoms with Crippen molar-refractivity contribution >= 4 is 5.97 Å². The Morgan fingerprint density at radius 1 is 1.26 bits per heavy atom. The van der Waals surface area contributed by atoms with E-state index in [0.717, 1.165) is 0 Å². The maximum Gasteiger partial charge on any atom is 0.312 e. The Labute approximate surface area is 110 Å². The van der Waals surface area contributed by atoms with Crippen molar-refractivity contribution in [3.8, 4) is 0 Å². The van der Waals surface area contributed by atoms with Gasteiger partial charge in [-0.25, -0.2) is 4.68 Å². The van der Waals surface area contributed by atoms with E-state index in [1.165, 1.54) is 10.7 Å². The molecule has 0 saturated heterocycles. The SMILES string of the molecule is Cc1ccc(=O)n(CC(C(=O)O)c2ccccc2)n1. The molecular weight excluding hydrogens is 244 g/mol. The van der Waals surface area contributed by atoms with E-state index in [4.69, 9.17) is 0 Å². The summed E-state index contributed by atoms with van der Waals surface area (Å²) >= 11 is 0. The monoisotopic (exact) mass is 258 g/mol. The number of carbonyl (C=O) groups is 1. The topological polar surface area (TPSA) is 72.2 Å². The normalized spacial score (nSPS) is 12.1. The van der Waals surface area contributed by atoms with Crippen LogP contribution in [0.3, 0.4) is 0 Å². The van der Waals surface area contributed by atoms with Gasteiger partial charge in [-0.2, -0.15) is 5.10 Å². The second kappa shape index (κ2) is 5.48. The highest BCUT2D eigenvalue weighted by Crippen LogP contribution is 2.17. The van der Waals surface area contributed by atoms with Gasteiger partial charge in [0.15, 0.2) is 0 Å². The van der Waals surface area contributed by atoms with Crippen molar-refractivity contribution < 1.29 is 9.90 Å². The van der Waals surface area contributed by atoms with E-state index in [9.17, 15) is 14.7 Å². The Hall–Kier alpha value is -2.43. The zero-order chi connectivity index (χ0) is 13.8. The summed E-state index contributed by atoms with van der Waals surface area (Å²) in [6.45, 7) is 1.79. The van der Waals surface area contributed by atoms with Crippen LogP contribution in [0.25, 0.3) is 0 Å². The van der Waals surface area contributed by atoms with Crippen LogP contribution in [-0.2, 0) is 11.3 Å². The van der Waals surface area contributed by atoms with Gasteiger partial charge in [-0.05, 0) is 18.6 Å². The van der Waals surface area contributed by atoms with Gasteiger partial charge in [0.05, 0.1) is 12.2 Å². The number of rotatable bonds is 4. The van der Waals surface area contributed by atoms with E-state index in [1.54, 1.807) is 37.3 Å². The van der Waals surface area contributed by atoms with Crippen molar-refractivity contribution in [1.82, 2.24) is 9.78 Å². The minimum atomic E-state index is -0.971. The van der Waals surface area contributed by atoms with Crippen LogP contribution in [0.1, 0.15) is 17.2 Å². The van der Waals surface area contributed by atoms with Crippen LogP contribution in [0.15, 0.2) is 47.3 Å². The van der Waals surface area contributed by atoms with Crippen molar-refractivity contribution in [3.63, 3.8) is 0 Å². The summed E-state index contributed by atoms with van der Waals surface area (Å²) in [5.74, 6) is -1.75. The number of carboxylic acid groups (broad SMARTS) is 1. The van der Waals surface area contributed by atoms with Crippen molar-refractivity contribution in [2.45, 2.75) is 19.4 Å². The Bertz CT molecular complexity index is 635. The highest BCUT2D eigenvalue weighted by molar-refractivity contribution is 5.75. The quantitative estimate of drug-likeness (QED) is 0.900. The molecule has 5 heteroatoms. The highest BCUT2D eigenvalue weighted by atomic mass is 16.4. The zero-order valence-electron chi connectivity index (χ0n) is 10.5. The number of benzene rings is 1. The van der Waals surface area contributed by atoms with Crippen molar-refractivity contribution in [3.05, 3.63) is 64.1 Å². The molecule has 2 rings (SSSR count). The fourth-order valence-corrected chi connectivity index (χ4v) is 1.87. The third-order valence-corrected chi connectivity index (χ3v) is 2.86. The summed E-state index contributed by atoms with van der Waals surface area (Å²) in [5, 5.41) is 13.4. The molecule has 5 nitrogen and oxygen atoms in total. The standard InChI is InChI=1S/C14H14N2O3/c1-10-7-8-13(17)16(15-10)9-12(14(18)19)11-5-3-2-4-6-11/h2-8,12H,9H2,1H3,(H,18,19). The van der Waals surface area contributed by atoms with E-state index in [2.05, 4.69) is 5.10 Å². The Morgan fingerprint density at radius 2 is 1.95 bits per heavy atom. The molecule has 0 radical (unpaired) electrons.